The zero-order valence-electron chi connectivity index (χ0n) is 14.3. The number of carbonyl (C=O) groups is 1. The van der Waals surface area contributed by atoms with Crippen LogP contribution in [0.15, 0.2) is 40.0 Å². The molecule has 0 unspecified atom stereocenters. The number of carbonyl (C=O) groups excluding carboxylic acids is 1. The predicted octanol–water partition coefficient (Wildman–Crippen LogP) is 3.58. The first-order chi connectivity index (χ1) is 12.9. The number of hydrogen-bond donors (Lipinski definition) is 1. The Morgan fingerprint density at radius 3 is 2.78 bits per heavy atom. The number of furan rings is 1. The predicted molar refractivity (Wildman–Crippen MR) is 108 cm³/mol. The van der Waals surface area contributed by atoms with E-state index in [0.29, 0.717) is 31.7 Å². The van der Waals surface area contributed by atoms with Crippen LogP contribution in [0.25, 0.3) is 28.2 Å². The fourth-order valence-corrected chi connectivity index (χ4v) is 3.74. The van der Waals surface area contributed by atoms with E-state index < -0.39 is 5.82 Å². The van der Waals surface area contributed by atoms with Crippen LogP contribution in [0, 0.1) is 5.82 Å². The van der Waals surface area contributed by atoms with E-state index >= 15 is 0 Å². The summed E-state index contributed by atoms with van der Waals surface area (Å²) in [7, 11) is 3.45. The number of amides is 1. The van der Waals surface area contributed by atoms with E-state index in [1.54, 1.807) is 49.7 Å². The van der Waals surface area contributed by atoms with Gasteiger partial charge in [-0.3, -0.25) is 9.78 Å². The van der Waals surface area contributed by atoms with Gasteiger partial charge in [-0.25, -0.2) is 9.37 Å². The molecule has 0 aromatic carbocycles. The summed E-state index contributed by atoms with van der Waals surface area (Å²) in [6, 6.07) is 3.17. The van der Waals surface area contributed by atoms with Crippen LogP contribution in [0.2, 0.25) is 0 Å². The lowest BCUT2D eigenvalue weighted by atomic mass is 10.1. The van der Waals surface area contributed by atoms with Gasteiger partial charge in [0.1, 0.15) is 15.7 Å². The molecular weight excluding hydrogens is 387 g/mol. The largest absolute Gasteiger partial charge is 0.456 e. The summed E-state index contributed by atoms with van der Waals surface area (Å²) in [6.45, 7) is 0. The molecule has 1 saturated heterocycles. The lowest BCUT2D eigenvalue weighted by Gasteiger charge is -2.12. The van der Waals surface area contributed by atoms with Gasteiger partial charge in [-0.1, -0.05) is 24.0 Å². The second-order valence-corrected chi connectivity index (χ2v) is 7.75. The molecule has 1 fully saturated rings. The minimum absolute atomic E-state index is 0.254. The van der Waals surface area contributed by atoms with Crippen molar-refractivity contribution in [1.29, 1.82) is 0 Å². The van der Waals surface area contributed by atoms with Gasteiger partial charge in [0.05, 0.1) is 4.91 Å². The highest BCUT2D eigenvalue weighted by molar-refractivity contribution is 8.26. The topological polar surface area (TPSA) is 71.3 Å². The Morgan fingerprint density at radius 2 is 2.11 bits per heavy atom. The Bertz CT molecular complexity index is 1120. The molecule has 0 spiro atoms. The van der Waals surface area contributed by atoms with Crippen molar-refractivity contribution in [1.82, 2.24) is 15.3 Å². The van der Waals surface area contributed by atoms with Crippen LogP contribution in [-0.2, 0) is 4.79 Å². The van der Waals surface area contributed by atoms with Crippen molar-refractivity contribution >= 4 is 57.1 Å². The number of pyridine rings is 2. The summed E-state index contributed by atoms with van der Waals surface area (Å²) in [5.74, 6) is 0.0502. The summed E-state index contributed by atoms with van der Waals surface area (Å²) < 4.78 is 20.6. The number of hydrogen-bond acceptors (Lipinski definition) is 7. The second kappa shape index (κ2) is 6.75. The molecule has 0 radical (unpaired) electrons. The van der Waals surface area contributed by atoms with Crippen molar-refractivity contribution in [2.24, 2.45) is 0 Å². The molecule has 0 atom stereocenters. The second-order valence-electron chi connectivity index (χ2n) is 6.03. The molecule has 1 N–H and O–H groups in total. The van der Waals surface area contributed by atoms with Crippen LogP contribution in [0.4, 0.5) is 10.2 Å². The van der Waals surface area contributed by atoms with Crippen molar-refractivity contribution < 1.29 is 13.6 Å². The fraction of sp³-hybridized carbons (Fsp3) is 0.111. The average Bonchev–Trinajstić information content (AvgIpc) is 3.16. The lowest BCUT2D eigenvalue weighted by molar-refractivity contribution is -0.115. The van der Waals surface area contributed by atoms with Crippen LogP contribution in [0.5, 0.6) is 0 Å². The van der Waals surface area contributed by atoms with Gasteiger partial charge in [-0.2, -0.15) is 0 Å². The van der Waals surface area contributed by atoms with Crippen molar-refractivity contribution in [2.75, 3.05) is 19.0 Å². The highest BCUT2D eigenvalue weighted by Gasteiger charge is 2.23. The number of anilines is 1. The Morgan fingerprint density at radius 1 is 1.30 bits per heavy atom. The summed E-state index contributed by atoms with van der Waals surface area (Å²) in [5.41, 5.74) is 1.72. The number of aromatic nitrogens is 2. The van der Waals surface area contributed by atoms with Crippen LogP contribution in [0.1, 0.15) is 5.76 Å². The van der Waals surface area contributed by atoms with E-state index in [1.807, 2.05) is 0 Å². The maximum Gasteiger partial charge on any atom is 0.263 e. The third-order valence-corrected chi connectivity index (χ3v) is 5.08. The molecule has 1 amide bonds. The van der Waals surface area contributed by atoms with E-state index in [1.165, 1.54) is 17.8 Å². The van der Waals surface area contributed by atoms with Gasteiger partial charge in [0.2, 0.25) is 0 Å². The summed E-state index contributed by atoms with van der Waals surface area (Å²) in [5, 5.41) is 3.30. The van der Waals surface area contributed by atoms with Gasteiger partial charge in [-0.15, -0.1) is 0 Å². The number of thioether (sulfide) groups is 1. The first-order valence-corrected chi connectivity index (χ1v) is 9.10. The van der Waals surface area contributed by atoms with E-state index in [0.717, 1.165) is 5.39 Å². The smallest absolute Gasteiger partial charge is 0.263 e. The normalized spacial score (nSPS) is 15.6. The molecule has 136 valence electrons. The van der Waals surface area contributed by atoms with Crippen LogP contribution in [-0.4, -0.2) is 34.3 Å². The molecule has 27 heavy (non-hydrogen) atoms. The average molecular weight is 400 g/mol. The molecule has 6 nitrogen and oxygen atoms in total. The minimum atomic E-state index is -0.434. The van der Waals surface area contributed by atoms with Crippen molar-refractivity contribution in [2.45, 2.75) is 0 Å². The monoisotopic (exact) mass is 400 g/mol. The Kier molecular flexibility index (Phi) is 4.40. The molecular formula is C18H13FN4O2S2. The third-order valence-electron chi connectivity index (χ3n) is 3.91. The molecule has 3 aromatic rings. The Hall–Kier alpha value is -2.78. The summed E-state index contributed by atoms with van der Waals surface area (Å²) in [6.07, 6.45) is 6.45. The molecule has 4 heterocycles. The number of thiocarbonyl (C=S) groups is 1. The molecule has 0 aliphatic carbocycles. The van der Waals surface area contributed by atoms with Gasteiger partial charge in [0.15, 0.2) is 11.6 Å². The van der Waals surface area contributed by atoms with E-state index in [9.17, 15) is 9.18 Å². The Labute approximate surface area is 163 Å². The standard InChI is InChI=1S/C18H13FN4O2S2/c1-23(2)16-13(19)4-9(7-21-16)12-8-20-6-10-3-11(25-15(10)12)5-14-17(24)22-18(26)27-14/h3-8H,1-2H3,(H,22,24,26). The molecule has 4 rings (SSSR count). The number of rotatable bonds is 3. The van der Waals surface area contributed by atoms with Crippen LogP contribution in [0.3, 0.4) is 0 Å². The molecule has 9 heteroatoms. The van der Waals surface area contributed by atoms with Gasteiger partial charge in [-0.05, 0) is 12.1 Å². The van der Waals surface area contributed by atoms with Crippen LogP contribution < -0.4 is 10.2 Å². The number of nitrogens with zero attached hydrogens (tertiary/aromatic N) is 3. The molecule has 1 aliphatic rings. The van der Waals surface area contributed by atoms with Crippen molar-refractivity contribution in [3.05, 3.63) is 47.2 Å². The first kappa shape index (κ1) is 17.6. The third kappa shape index (κ3) is 3.31. The van der Waals surface area contributed by atoms with Gasteiger partial charge < -0.3 is 14.6 Å². The number of fused-ring (bicyclic) bond motifs is 1. The van der Waals surface area contributed by atoms with Gasteiger partial charge in [0, 0.05) is 55.3 Å². The molecule has 3 aromatic heterocycles. The zero-order valence-corrected chi connectivity index (χ0v) is 15.9. The maximum absolute atomic E-state index is 14.3. The molecule has 1 aliphatic heterocycles. The SMILES string of the molecule is CN(C)c1ncc(-c2cncc3cc(C=C4SC(=S)NC4=O)oc23)cc1F. The van der Waals surface area contributed by atoms with Crippen LogP contribution >= 0.6 is 24.0 Å². The first-order valence-electron chi connectivity index (χ1n) is 7.88. The number of nitrogens with one attached hydrogen (secondary N) is 1. The zero-order chi connectivity index (χ0) is 19.1. The summed E-state index contributed by atoms with van der Waals surface area (Å²) >= 11 is 6.16. The lowest BCUT2D eigenvalue weighted by Crippen LogP contribution is -2.17. The van der Waals surface area contributed by atoms with E-state index in [2.05, 4.69) is 15.3 Å². The highest BCUT2D eigenvalue weighted by atomic mass is 32.2. The summed E-state index contributed by atoms with van der Waals surface area (Å²) in [4.78, 5) is 22.2. The molecule has 0 saturated carbocycles. The molecule has 0 bridgehead atoms. The van der Waals surface area contributed by atoms with Gasteiger partial charge in [0.25, 0.3) is 5.91 Å². The quantitative estimate of drug-likeness (QED) is 0.532. The number of halogens is 1. The van der Waals surface area contributed by atoms with Gasteiger partial charge >= 0.3 is 0 Å². The minimum Gasteiger partial charge on any atom is -0.456 e. The fourth-order valence-electron chi connectivity index (χ4n) is 2.72. The Balaban J connectivity index is 1.78. The van der Waals surface area contributed by atoms with E-state index in [-0.39, 0.29) is 11.7 Å². The van der Waals surface area contributed by atoms with Crippen molar-refractivity contribution in [3.8, 4) is 11.1 Å². The maximum atomic E-state index is 14.3. The van der Waals surface area contributed by atoms with Crippen molar-refractivity contribution in [3.63, 3.8) is 0 Å². The van der Waals surface area contributed by atoms with E-state index in [4.69, 9.17) is 16.6 Å². The highest BCUT2D eigenvalue weighted by Crippen LogP contribution is 2.33.